The van der Waals surface area contributed by atoms with E-state index in [0.717, 1.165) is 6.04 Å². The van der Waals surface area contributed by atoms with Crippen molar-refractivity contribution in [1.29, 1.82) is 0 Å². The number of hydrogen-bond acceptors (Lipinski definition) is 3. The van der Waals surface area contributed by atoms with Crippen LogP contribution >= 0.6 is 0 Å². The number of likely N-dealkylation sites (tertiary alicyclic amines) is 1. The molecule has 3 nitrogen and oxygen atoms in total. The van der Waals surface area contributed by atoms with E-state index in [1.54, 1.807) is 7.11 Å². The minimum Gasteiger partial charge on any atom is -0.380 e. The van der Waals surface area contributed by atoms with E-state index in [0.29, 0.717) is 18.2 Å². The number of methoxy groups -OCH3 is 1. The third-order valence-corrected chi connectivity index (χ3v) is 3.86. The molecule has 88 valence electrons. The summed E-state index contributed by atoms with van der Waals surface area (Å²) in [7, 11) is 1.79. The maximum absolute atomic E-state index is 5.33. The topological polar surface area (TPSA) is 24.5 Å². The lowest BCUT2D eigenvalue weighted by Gasteiger charge is -2.24. The van der Waals surface area contributed by atoms with Crippen LogP contribution in [0.3, 0.4) is 0 Å². The highest BCUT2D eigenvalue weighted by Gasteiger charge is 2.34. The SMILES string of the molecule is COC(C)C(C)NC1CCN(C2CC2)C1. The minimum absolute atomic E-state index is 0.306. The molecular formula is C12H24N2O. The quantitative estimate of drug-likeness (QED) is 0.742. The Kier molecular flexibility index (Phi) is 3.65. The smallest absolute Gasteiger partial charge is 0.0693 e. The van der Waals surface area contributed by atoms with Gasteiger partial charge in [-0.25, -0.2) is 0 Å². The number of ether oxygens (including phenoxy) is 1. The lowest BCUT2D eigenvalue weighted by Crippen LogP contribution is -2.44. The monoisotopic (exact) mass is 212 g/mol. The molecule has 0 spiro atoms. The van der Waals surface area contributed by atoms with Crippen molar-refractivity contribution in [2.45, 2.75) is 57.3 Å². The lowest BCUT2D eigenvalue weighted by atomic mass is 10.1. The first-order chi connectivity index (χ1) is 7.20. The molecule has 0 aromatic carbocycles. The van der Waals surface area contributed by atoms with E-state index in [2.05, 4.69) is 24.1 Å². The Morgan fingerprint density at radius 2 is 2.00 bits per heavy atom. The first-order valence-corrected chi connectivity index (χ1v) is 6.23. The molecule has 0 bridgehead atoms. The molecule has 0 aromatic heterocycles. The highest BCUT2D eigenvalue weighted by Crippen LogP contribution is 2.29. The van der Waals surface area contributed by atoms with Gasteiger partial charge in [-0.15, -0.1) is 0 Å². The number of hydrogen-bond donors (Lipinski definition) is 1. The van der Waals surface area contributed by atoms with Crippen LogP contribution in [-0.2, 0) is 4.74 Å². The van der Waals surface area contributed by atoms with Gasteiger partial charge in [-0.1, -0.05) is 0 Å². The summed E-state index contributed by atoms with van der Waals surface area (Å²) in [6, 6.07) is 2.06. The Labute approximate surface area is 93.2 Å². The van der Waals surface area contributed by atoms with E-state index in [1.807, 2.05) is 0 Å². The van der Waals surface area contributed by atoms with Gasteiger partial charge in [-0.2, -0.15) is 0 Å². The molecule has 1 aliphatic carbocycles. The molecular weight excluding hydrogens is 188 g/mol. The van der Waals surface area contributed by atoms with Gasteiger partial charge in [0.25, 0.3) is 0 Å². The predicted molar refractivity (Wildman–Crippen MR) is 62.1 cm³/mol. The highest BCUT2D eigenvalue weighted by molar-refractivity contribution is 4.92. The van der Waals surface area contributed by atoms with Gasteiger partial charge in [-0.05, 0) is 33.1 Å². The molecule has 15 heavy (non-hydrogen) atoms. The molecule has 1 heterocycles. The van der Waals surface area contributed by atoms with Crippen molar-refractivity contribution in [3.8, 4) is 0 Å². The van der Waals surface area contributed by atoms with E-state index in [1.165, 1.54) is 32.4 Å². The van der Waals surface area contributed by atoms with Gasteiger partial charge in [0, 0.05) is 38.3 Å². The molecule has 2 aliphatic rings. The van der Waals surface area contributed by atoms with Gasteiger partial charge in [0.1, 0.15) is 0 Å². The molecule has 3 unspecified atom stereocenters. The average molecular weight is 212 g/mol. The van der Waals surface area contributed by atoms with Crippen LogP contribution in [0.2, 0.25) is 0 Å². The Morgan fingerprint density at radius 1 is 1.27 bits per heavy atom. The summed E-state index contributed by atoms with van der Waals surface area (Å²) >= 11 is 0. The van der Waals surface area contributed by atoms with Crippen molar-refractivity contribution >= 4 is 0 Å². The van der Waals surface area contributed by atoms with Gasteiger partial charge in [0.2, 0.25) is 0 Å². The van der Waals surface area contributed by atoms with Crippen molar-refractivity contribution in [2.75, 3.05) is 20.2 Å². The summed E-state index contributed by atoms with van der Waals surface area (Å²) in [6.45, 7) is 6.88. The summed E-state index contributed by atoms with van der Waals surface area (Å²) < 4.78 is 5.33. The van der Waals surface area contributed by atoms with Gasteiger partial charge < -0.3 is 10.1 Å². The maximum Gasteiger partial charge on any atom is 0.0693 e. The third-order valence-electron chi connectivity index (χ3n) is 3.86. The fourth-order valence-electron chi connectivity index (χ4n) is 2.41. The van der Waals surface area contributed by atoms with E-state index in [9.17, 15) is 0 Å². The van der Waals surface area contributed by atoms with Crippen molar-refractivity contribution < 1.29 is 4.74 Å². The zero-order chi connectivity index (χ0) is 10.8. The normalized spacial score (nSPS) is 31.8. The van der Waals surface area contributed by atoms with Gasteiger partial charge in [0.15, 0.2) is 0 Å². The zero-order valence-corrected chi connectivity index (χ0v) is 10.2. The van der Waals surface area contributed by atoms with Crippen molar-refractivity contribution in [3.05, 3.63) is 0 Å². The van der Waals surface area contributed by atoms with Crippen LogP contribution in [0.5, 0.6) is 0 Å². The molecule has 1 saturated heterocycles. The first-order valence-electron chi connectivity index (χ1n) is 6.23. The molecule has 2 fully saturated rings. The minimum atomic E-state index is 0.306. The molecule has 1 saturated carbocycles. The average Bonchev–Trinajstić information content (AvgIpc) is 2.99. The molecule has 0 amide bonds. The Morgan fingerprint density at radius 3 is 2.60 bits per heavy atom. The number of rotatable bonds is 5. The number of nitrogens with one attached hydrogen (secondary N) is 1. The standard InChI is InChI=1S/C12H24N2O/c1-9(10(2)15-3)13-11-6-7-14(8-11)12-4-5-12/h9-13H,4-8H2,1-3H3. The second kappa shape index (κ2) is 4.81. The van der Waals surface area contributed by atoms with Crippen molar-refractivity contribution in [3.63, 3.8) is 0 Å². The Bertz CT molecular complexity index is 206. The summed E-state index contributed by atoms with van der Waals surface area (Å²) in [4.78, 5) is 2.64. The zero-order valence-electron chi connectivity index (χ0n) is 10.2. The lowest BCUT2D eigenvalue weighted by molar-refractivity contribution is 0.0846. The van der Waals surface area contributed by atoms with E-state index >= 15 is 0 Å². The van der Waals surface area contributed by atoms with E-state index < -0.39 is 0 Å². The molecule has 3 atom stereocenters. The van der Waals surface area contributed by atoms with Crippen LogP contribution < -0.4 is 5.32 Å². The Hall–Kier alpha value is -0.120. The third kappa shape index (κ3) is 2.92. The van der Waals surface area contributed by atoms with E-state index in [-0.39, 0.29) is 0 Å². The van der Waals surface area contributed by atoms with Crippen LogP contribution in [0.15, 0.2) is 0 Å². The summed E-state index contributed by atoms with van der Waals surface area (Å²) in [6.07, 6.45) is 4.46. The molecule has 0 aromatic rings. The molecule has 1 N–H and O–H groups in total. The highest BCUT2D eigenvalue weighted by atomic mass is 16.5. The predicted octanol–water partition coefficient (Wildman–Crippen LogP) is 1.24. The molecule has 2 rings (SSSR count). The van der Waals surface area contributed by atoms with Gasteiger partial charge in [0.05, 0.1) is 6.10 Å². The fourth-order valence-corrected chi connectivity index (χ4v) is 2.41. The van der Waals surface area contributed by atoms with Crippen LogP contribution in [-0.4, -0.2) is 49.3 Å². The second-order valence-electron chi connectivity index (χ2n) is 5.11. The molecule has 1 aliphatic heterocycles. The van der Waals surface area contributed by atoms with Crippen molar-refractivity contribution in [2.24, 2.45) is 0 Å². The summed E-state index contributed by atoms with van der Waals surface area (Å²) in [5.74, 6) is 0. The van der Waals surface area contributed by atoms with Crippen LogP contribution in [0, 0.1) is 0 Å². The fraction of sp³-hybridized carbons (Fsp3) is 1.00. The molecule has 0 radical (unpaired) electrons. The van der Waals surface area contributed by atoms with Crippen LogP contribution in [0.4, 0.5) is 0 Å². The van der Waals surface area contributed by atoms with E-state index in [4.69, 9.17) is 4.74 Å². The Balaban J connectivity index is 1.71. The van der Waals surface area contributed by atoms with Crippen LogP contribution in [0.25, 0.3) is 0 Å². The van der Waals surface area contributed by atoms with Gasteiger partial charge in [-0.3, -0.25) is 4.90 Å². The summed E-state index contributed by atoms with van der Waals surface area (Å²) in [5.41, 5.74) is 0. The van der Waals surface area contributed by atoms with Crippen LogP contribution in [0.1, 0.15) is 33.1 Å². The molecule has 3 heteroatoms. The van der Waals surface area contributed by atoms with Crippen molar-refractivity contribution in [1.82, 2.24) is 10.2 Å². The first kappa shape index (κ1) is 11.4. The number of nitrogens with zero attached hydrogens (tertiary/aromatic N) is 1. The maximum atomic E-state index is 5.33. The summed E-state index contributed by atoms with van der Waals surface area (Å²) in [5, 5.41) is 3.68. The second-order valence-corrected chi connectivity index (χ2v) is 5.11. The van der Waals surface area contributed by atoms with Gasteiger partial charge >= 0.3 is 0 Å². The largest absolute Gasteiger partial charge is 0.380 e.